The fourth-order valence-corrected chi connectivity index (χ4v) is 3.43. The van der Waals surface area contributed by atoms with Gasteiger partial charge >= 0.3 is 0 Å². The average Bonchev–Trinajstić information content (AvgIpc) is 2.56. The zero-order valence-electron chi connectivity index (χ0n) is 13.1. The molecule has 1 aromatic rings. The molecule has 0 aliphatic carbocycles. The Hall–Kier alpha value is -1.26. The predicted octanol–water partition coefficient (Wildman–Crippen LogP) is 1.82. The van der Waals surface area contributed by atoms with E-state index in [0.29, 0.717) is 0 Å². The minimum atomic E-state index is 0.898. The molecule has 21 heavy (non-hydrogen) atoms. The number of piperazine rings is 1. The van der Waals surface area contributed by atoms with E-state index in [1.165, 1.54) is 51.3 Å². The summed E-state index contributed by atoms with van der Waals surface area (Å²) in [6.07, 6.45) is 2.69. The maximum atomic E-state index is 5.32. The van der Waals surface area contributed by atoms with Gasteiger partial charge in [-0.2, -0.15) is 0 Å². The standard InChI is InChI=1S/C17H27N3O/c1-21-17-4-2-3-16(13-17)20-11-9-19(10-12-20)14-15-5-7-18-8-6-15/h2-4,13,15,18H,5-12,14H2,1H3. The third kappa shape index (κ3) is 3.89. The molecular formula is C17H27N3O. The van der Waals surface area contributed by atoms with Gasteiger partial charge in [-0.1, -0.05) is 6.07 Å². The Bertz CT molecular complexity index is 437. The van der Waals surface area contributed by atoms with E-state index in [2.05, 4.69) is 33.3 Å². The van der Waals surface area contributed by atoms with Gasteiger partial charge in [-0.05, 0) is 44.0 Å². The zero-order valence-corrected chi connectivity index (χ0v) is 13.1. The van der Waals surface area contributed by atoms with Gasteiger partial charge in [-0.25, -0.2) is 0 Å². The van der Waals surface area contributed by atoms with Crippen molar-refractivity contribution in [3.05, 3.63) is 24.3 Å². The van der Waals surface area contributed by atoms with E-state index >= 15 is 0 Å². The highest BCUT2D eigenvalue weighted by Gasteiger charge is 2.21. The molecule has 0 unspecified atom stereocenters. The van der Waals surface area contributed by atoms with E-state index in [0.717, 1.165) is 24.8 Å². The first kappa shape index (κ1) is 14.7. The molecule has 2 saturated heterocycles. The van der Waals surface area contributed by atoms with E-state index in [9.17, 15) is 0 Å². The fraction of sp³-hybridized carbons (Fsp3) is 0.647. The third-order valence-corrected chi connectivity index (χ3v) is 4.77. The van der Waals surface area contributed by atoms with Crippen molar-refractivity contribution in [2.75, 3.05) is 57.8 Å². The van der Waals surface area contributed by atoms with Crippen LogP contribution in [-0.2, 0) is 0 Å². The molecule has 0 saturated carbocycles. The van der Waals surface area contributed by atoms with Gasteiger partial charge in [0.05, 0.1) is 7.11 Å². The molecule has 2 heterocycles. The van der Waals surface area contributed by atoms with Crippen molar-refractivity contribution in [3.8, 4) is 5.75 Å². The maximum Gasteiger partial charge on any atom is 0.120 e. The van der Waals surface area contributed by atoms with Crippen molar-refractivity contribution in [2.24, 2.45) is 5.92 Å². The van der Waals surface area contributed by atoms with Crippen LogP contribution in [0.1, 0.15) is 12.8 Å². The molecule has 3 rings (SSSR count). The summed E-state index contributed by atoms with van der Waals surface area (Å²) in [7, 11) is 1.73. The molecule has 1 N–H and O–H groups in total. The molecule has 2 fully saturated rings. The number of rotatable bonds is 4. The van der Waals surface area contributed by atoms with Crippen LogP contribution in [0, 0.1) is 5.92 Å². The second-order valence-electron chi connectivity index (χ2n) is 6.18. The number of benzene rings is 1. The number of hydrogen-bond acceptors (Lipinski definition) is 4. The lowest BCUT2D eigenvalue weighted by Crippen LogP contribution is -2.48. The summed E-state index contributed by atoms with van der Waals surface area (Å²) in [4.78, 5) is 5.12. The third-order valence-electron chi connectivity index (χ3n) is 4.77. The summed E-state index contributed by atoms with van der Waals surface area (Å²) in [6, 6.07) is 8.42. The summed E-state index contributed by atoms with van der Waals surface area (Å²) >= 11 is 0. The Balaban J connectivity index is 1.50. The number of hydrogen-bond donors (Lipinski definition) is 1. The quantitative estimate of drug-likeness (QED) is 0.915. The molecule has 0 radical (unpaired) electrons. The van der Waals surface area contributed by atoms with Gasteiger partial charge in [-0.3, -0.25) is 4.90 Å². The first-order valence-corrected chi connectivity index (χ1v) is 8.17. The molecule has 116 valence electrons. The zero-order chi connectivity index (χ0) is 14.5. The van der Waals surface area contributed by atoms with Crippen LogP contribution in [0.4, 0.5) is 5.69 Å². The van der Waals surface area contributed by atoms with Gasteiger partial charge in [0.15, 0.2) is 0 Å². The molecule has 0 bridgehead atoms. The highest BCUT2D eigenvalue weighted by Crippen LogP contribution is 2.22. The second kappa shape index (κ2) is 7.14. The SMILES string of the molecule is COc1cccc(N2CCN(CC3CCNCC3)CC2)c1. The van der Waals surface area contributed by atoms with Crippen LogP contribution >= 0.6 is 0 Å². The smallest absolute Gasteiger partial charge is 0.120 e. The average molecular weight is 289 g/mol. The summed E-state index contributed by atoms with van der Waals surface area (Å²) in [5.41, 5.74) is 1.29. The molecule has 0 aromatic heterocycles. The van der Waals surface area contributed by atoms with Gasteiger partial charge in [0.1, 0.15) is 5.75 Å². The highest BCUT2D eigenvalue weighted by atomic mass is 16.5. The van der Waals surface area contributed by atoms with Crippen molar-refractivity contribution >= 4 is 5.69 Å². The second-order valence-corrected chi connectivity index (χ2v) is 6.18. The molecule has 2 aliphatic rings. The fourth-order valence-electron chi connectivity index (χ4n) is 3.43. The summed E-state index contributed by atoms with van der Waals surface area (Å²) in [5.74, 6) is 1.85. The Morgan fingerprint density at radius 3 is 2.62 bits per heavy atom. The van der Waals surface area contributed by atoms with Crippen LogP contribution in [-0.4, -0.2) is 57.8 Å². The first-order chi connectivity index (χ1) is 10.3. The van der Waals surface area contributed by atoms with Crippen molar-refractivity contribution < 1.29 is 4.74 Å². The van der Waals surface area contributed by atoms with E-state index in [1.54, 1.807) is 7.11 Å². The number of piperidine rings is 1. The number of nitrogens with zero attached hydrogens (tertiary/aromatic N) is 2. The largest absolute Gasteiger partial charge is 0.497 e. The normalized spacial score (nSPS) is 21.5. The summed E-state index contributed by atoms with van der Waals surface area (Å²) in [5, 5.41) is 3.45. The monoisotopic (exact) mass is 289 g/mol. The van der Waals surface area contributed by atoms with Crippen LogP contribution in [0.15, 0.2) is 24.3 Å². The van der Waals surface area contributed by atoms with Crippen molar-refractivity contribution in [1.29, 1.82) is 0 Å². The molecule has 4 nitrogen and oxygen atoms in total. The topological polar surface area (TPSA) is 27.7 Å². The van der Waals surface area contributed by atoms with Crippen LogP contribution < -0.4 is 15.0 Å². The molecule has 1 aromatic carbocycles. The van der Waals surface area contributed by atoms with Gasteiger partial charge in [0.2, 0.25) is 0 Å². The maximum absolute atomic E-state index is 5.32. The van der Waals surface area contributed by atoms with Crippen molar-refractivity contribution in [2.45, 2.75) is 12.8 Å². The number of methoxy groups -OCH3 is 1. The highest BCUT2D eigenvalue weighted by molar-refractivity contribution is 5.51. The van der Waals surface area contributed by atoms with Gasteiger partial charge in [-0.15, -0.1) is 0 Å². The lowest BCUT2D eigenvalue weighted by molar-refractivity contribution is 0.196. The summed E-state index contributed by atoms with van der Waals surface area (Å²) in [6.45, 7) is 8.30. The van der Waals surface area contributed by atoms with E-state index < -0.39 is 0 Å². The molecular weight excluding hydrogens is 262 g/mol. The Morgan fingerprint density at radius 1 is 1.14 bits per heavy atom. The van der Waals surface area contributed by atoms with Crippen LogP contribution in [0.2, 0.25) is 0 Å². The Kier molecular flexibility index (Phi) is 4.99. The lowest BCUT2D eigenvalue weighted by atomic mass is 9.97. The van der Waals surface area contributed by atoms with Gasteiger partial charge in [0.25, 0.3) is 0 Å². The lowest BCUT2D eigenvalue weighted by Gasteiger charge is -2.38. The molecule has 2 aliphatic heterocycles. The molecule has 0 amide bonds. The van der Waals surface area contributed by atoms with E-state index in [-0.39, 0.29) is 0 Å². The van der Waals surface area contributed by atoms with Crippen LogP contribution in [0.25, 0.3) is 0 Å². The first-order valence-electron chi connectivity index (χ1n) is 8.17. The summed E-state index contributed by atoms with van der Waals surface area (Å²) < 4.78 is 5.32. The van der Waals surface area contributed by atoms with E-state index in [1.807, 2.05) is 6.07 Å². The number of anilines is 1. The predicted molar refractivity (Wildman–Crippen MR) is 87.2 cm³/mol. The van der Waals surface area contributed by atoms with Crippen LogP contribution in [0.3, 0.4) is 0 Å². The molecule has 0 spiro atoms. The minimum absolute atomic E-state index is 0.898. The van der Waals surface area contributed by atoms with Gasteiger partial charge < -0.3 is 15.0 Å². The van der Waals surface area contributed by atoms with Crippen molar-refractivity contribution in [3.63, 3.8) is 0 Å². The van der Waals surface area contributed by atoms with Gasteiger partial charge in [0, 0.05) is 44.5 Å². The van der Waals surface area contributed by atoms with Crippen molar-refractivity contribution in [1.82, 2.24) is 10.2 Å². The van der Waals surface area contributed by atoms with E-state index in [4.69, 9.17) is 4.74 Å². The van der Waals surface area contributed by atoms with Crippen LogP contribution in [0.5, 0.6) is 5.75 Å². The minimum Gasteiger partial charge on any atom is -0.497 e. The Labute approximate surface area is 128 Å². The molecule has 4 heteroatoms. The number of nitrogens with one attached hydrogen (secondary N) is 1. The number of ether oxygens (including phenoxy) is 1. The Morgan fingerprint density at radius 2 is 1.90 bits per heavy atom. The molecule has 0 atom stereocenters.